The zero-order valence-electron chi connectivity index (χ0n) is 9.30. The number of nitrogens with one attached hydrogen (secondary N) is 2. The van der Waals surface area contributed by atoms with Crippen LogP contribution in [0.1, 0.15) is 5.82 Å². The first-order valence-corrected chi connectivity index (χ1v) is 4.83. The molecule has 0 bridgehead atoms. The van der Waals surface area contributed by atoms with Crippen molar-refractivity contribution in [2.45, 2.75) is 12.1 Å². The molecule has 1 rings (SSSR count). The van der Waals surface area contributed by atoms with Crippen LogP contribution in [0, 0.1) is 0 Å². The lowest BCUT2D eigenvalue weighted by Crippen LogP contribution is -2.31. The van der Waals surface area contributed by atoms with E-state index in [0.29, 0.717) is 0 Å². The Morgan fingerprint density at radius 1 is 1.16 bits per heavy atom. The van der Waals surface area contributed by atoms with Crippen molar-refractivity contribution in [2.75, 3.05) is 23.9 Å². The van der Waals surface area contributed by atoms with Crippen molar-refractivity contribution in [3.8, 4) is 0 Å². The number of alkyl halides is 5. The molecule has 1 aromatic rings. The highest BCUT2D eigenvalue weighted by molar-refractivity contribution is 5.47. The Balaban J connectivity index is 2.95. The molecule has 0 fully saturated rings. The molecule has 0 unspecified atom stereocenters. The summed E-state index contributed by atoms with van der Waals surface area (Å²) >= 11 is 0. The first kappa shape index (κ1) is 15.3. The van der Waals surface area contributed by atoms with Gasteiger partial charge in [-0.3, -0.25) is 0 Å². The molecule has 0 saturated carbocycles. The number of hydrazine groups is 1. The summed E-state index contributed by atoms with van der Waals surface area (Å²) in [7, 11) is 0. The summed E-state index contributed by atoms with van der Waals surface area (Å²) in [4.78, 5) is 6.07. The van der Waals surface area contributed by atoms with Crippen LogP contribution in [0.2, 0.25) is 0 Å². The van der Waals surface area contributed by atoms with Gasteiger partial charge in [-0.15, -0.1) is 0 Å². The average molecular weight is 287 g/mol. The van der Waals surface area contributed by atoms with E-state index in [2.05, 4.69) is 9.97 Å². The van der Waals surface area contributed by atoms with E-state index < -0.39 is 42.7 Å². The van der Waals surface area contributed by atoms with E-state index in [1.54, 1.807) is 0 Å². The summed E-state index contributed by atoms with van der Waals surface area (Å²) in [5, 5.41) is 10.3. The number of rotatable bonds is 5. The molecule has 0 spiro atoms. The number of aromatic nitrogens is 2. The van der Waals surface area contributed by atoms with E-state index in [9.17, 15) is 22.0 Å². The minimum Gasteiger partial charge on any atom is -0.390 e. The molecule has 1 aromatic heterocycles. The minimum absolute atomic E-state index is 0.392. The fourth-order valence-electron chi connectivity index (χ4n) is 1.01. The van der Waals surface area contributed by atoms with Crippen LogP contribution in [0.15, 0.2) is 6.07 Å². The van der Waals surface area contributed by atoms with E-state index in [4.69, 9.17) is 10.9 Å². The lowest BCUT2D eigenvalue weighted by Gasteiger charge is -2.15. The van der Waals surface area contributed by atoms with Crippen LogP contribution in [-0.2, 0) is 6.18 Å². The highest BCUT2D eigenvalue weighted by Gasteiger charge is 2.36. The lowest BCUT2D eigenvalue weighted by atomic mass is 10.3. The quantitative estimate of drug-likeness (QED) is 0.364. The number of nitrogens with two attached hydrogens (primary N) is 1. The molecule has 0 amide bonds. The Labute approximate surface area is 103 Å². The molecule has 0 radical (unpaired) electrons. The molecule has 5 N–H and O–H groups in total. The molecule has 0 aliphatic heterocycles. The number of nitrogens with zero attached hydrogens (tertiary/aromatic N) is 2. The van der Waals surface area contributed by atoms with Gasteiger partial charge in [0.05, 0.1) is 6.54 Å². The summed E-state index contributed by atoms with van der Waals surface area (Å²) < 4.78 is 62.7. The number of anilines is 2. The van der Waals surface area contributed by atoms with Crippen molar-refractivity contribution in [3.05, 3.63) is 11.9 Å². The molecule has 1 heterocycles. The number of aliphatic hydroxyl groups is 1. The summed E-state index contributed by atoms with van der Waals surface area (Å²) in [5.74, 6) is -0.989. The first-order valence-electron chi connectivity index (χ1n) is 4.83. The minimum atomic E-state index is -4.84. The Hall–Kier alpha value is -1.75. The van der Waals surface area contributed by atoms with Crippen molar-refractivity contribution < 1.29 is 27.1 Å². The summed E-state index contributed by atoms with van der Waals surface area (Å²) in [6.45, 7) is -2.53. The normalized spacial score (nSPS) is 12.4. The summed E-state index contributed by atoms with van der Waals surface area (Å²) in [5.41, 5.74) is 1.86. The maximum absolute atomic E-state index is 12.7. The Bertz CT molecular complexity index is 438. The Morgan fingerprint density at radius 2 is 1.74 bits per heavy atom. The standard InChI is InChI=1S/C8H10F5N5O/c9-7(10,3-19)2-15-4-1-5(18-14)17-6(16-4)8(11,12)13/h1,19H,2-3,14H2,(H2,15,16,17,18). The number of aliphatic hydroxyl groups excluding tert-OH is 1. The maximum atomic E-state index is 12.7. The van der Waals surface area contributed by atoms with Gasteiger partial charge in [0.15, 0.2) is 0 Å². The highest BCUT2D eigenvalue weighted by atomic mass is 19.4. The van der Waals surface area contributed by atoms with Gasteiger partial charge in [-0.2, -0.15) is 13.2 Å². The van der Waals surface area contributed by atoms with Crippen LogP contribution in [0.25, 0.3) is 0 Å². The van der Waals surface area contributed by atoms with E-state index >= 15 is 0 Å². The van der Waals surface area contributed by atoms with E-state index in [1.165, 1.54) is 0 Å². The zero-order chi connectivity index (χ0) is 14.7. The van der Waals surface area contributed by atoms with Gasteiger partial charge in [0.25, 0.3) is 5.92 Å². The van der Waals surface area contributed by atoms with E-state index in [1.807, 2.05) is 10.7 Å². The zero-order valence-corrected chi connectivity index (χ0v) is 9.30. The van der Waals surface area contributed by atoms with Crippen LogP contribution in [0.4, 0.5) is 33.6 Å². The van der Waals surface area contributed by atoms with Crippen molar-refractivity contribution in [3.63, 3.8) is 0 Å². The van der Waals surface area contributed by atoms with E-state index in [-0.39, 0.29) is 0 Å². The van der Waals surface area contributed by atoms with Gasteiger partial charge < -0.3 is 15.8 Å². The van der Waals surface area contributed by atoms with Crippen LogP contribution in [0.5, 0.6) is 0 Å². The van der Waals surface area contributed by atoms with Crippen LogP contribution in [-0.4, -0.2) is 34.1 Å². The predicted octanol–water partition coefficient (Wildman–Crippen LogP) is 0.821. The number of hydrogen-bond acceptors (Lipinski definition) is 6. The largest absolute Gasteiger partial charge is 0.451 e. The van der Waals surface area contributed by atoms with Crippen LogP contribution >= 0.6 is 0 Å². The molecular weight excluding hydrogens is 277 g/mol. The van der Waals surface area contributed by atoms with Crippen LogP contribution in [0.3, 0.4) is 0 Å². The molecule has 19 heavy (non-hydrogen) atoms. The van der Waals surface area contributed by atoms with Gasteiger partial charge in [0.1, 0.15) is 18.2 Å². The van der Waals surface area contributed by atoms with Gasteiger partial charge in [-0.05, 0) is 0 Å². The number of nitrogen functional groups attached to an aromatic ring is 1. The second kappa shape index (κ2) is 5.48. The number of halogens is 5. The molecule has 0 aliphatic carbocycles. The van der Waals surface area contributed by atoms with Gasteiger partial charge in [-0.1, -0.05) is 0 Å². The third kappa shape index (κ3) is 4.44. The summed E-state index contributed by atoms with van der Waals surface area (Å²) in [6.07, 6.45) is -4.84. The highest BCUT2D eigenvalue weighted by Crippen LogP contribution is 2.28. The third-order valence-electron chi connectivity index (χ3n) is 1.89. The third-order valence-corrected chi connectivity index (χ3v) is 1.89. The monoisotopic (exact) mass is 287 g/mol. The molecule has 108 valence electrons. The van der Waals surface area contributed by atoms with Gasteiger partial charge in [0, 0.05) is 6.07 Å². The second-order valence-corrected chi connectivity index (χ2v) is 3.47. The van der Waals surface area contributed by atoms with Crippen molar-refractivity contribution in [2.24, 2.45) is 5.84 Å². The Morgan fingerprint density at radius 3 is 2.21 bits per heavy atom. The van der Waals surface area contributed by atoms with Gasteiger partial charge in [-0.25, -0.2) is 24.6 Å². The maximum Gasteiger partial charge on any atom is 0.451 e. The molecule has 6 nitrogen and oxygen atoms in total. The lowest BCUT2D eigenvalue weighted by molar-refractivity contribution is -0.144. The average Bonchev–Trinajstić information content (AvgIpc) is 2.35. The van der Waals surface area contributed by atoms with Crippen LogP contribution < -0.4 is 16.6 Å². The molecular formula is C8H10F5N5O. The first-order chi connectivity index (χ1) is 8.68. The topological polar surface area (TPSA) is 96.1 Å². The molecule has 11 heteroatoms. The summed E-state index contributed by atoms with van der Waals surface area (Å²) in [6, 6.07) is 0.919. The van der Waals surface area contributed by atoms with Crippen molar-refractivity contribution in [1.82, 2.24) is 9.97 Å². The SMILES string of the molecule is NNc1cc(NCC(F)(F)CO)nc(C(F)(F)F)n1. The van der Waals surface area contributed by atoms with Crippen molar-refractivity contribution in [1.29, 1.82) is 0 Å². The number of hydrogen-bond donors (Lipinski definition) is 4. The molecule has 0 aliphatic rings. The Kier molecular flexibility index (Phi) is 4.42. The molecule has 0 aromatic carbocycles. The second-order valence-electron chi connectivity index (χ2n) is 3.47. The van der Waals surface area contributed by atoms with Gasteiger partial charge >= 0.3 is 6.18 Å². The fraction of sp³-hybridized carbons (Fsp3) is 0.500. The van der Waals surface area contributed by atoms with Crippen molar-refractivity contribution >= 4 is 11.6 Å². The predicted molar refractivity (Wildman–Crippen MR) is 55.4 cm³/mol. The van der Waals surface area contributed by atoms with E-state index in [0.717, 1.165) is 6.07 Å². The smallest absolute Gasteiger partial charge is 0.390 e. The molecule has 0 atom stereocenters. The molecule has 0 saturated heterocycles. The fourth-order valence-corrected chi connectivity index (χ4v) is 1.01. The van der Waals surface area contributed by atoms with Gasteiger partial charge in [0.2, 0.25) is 5.82 Å².